The molecule has 0 atom stereocenters. The average Bonchev–Trinajstić information content (AvgIpc) is 2.52. The lowest BCUT2D eigenvalue weighted by Gasteiger charge is -2.22. The second kappa shape index (κ2) is 7.82. The number of benzene rings is 2. The van der Waals surface area contributed by atoms with Gasteiger partial charge in [0.15, 0.2) is 0 Å². The second-order valence-corrected chi connectivity index (χ2v) is 7.88. The molecule has 0 heterocycles. The van der Waals surface area contributed by atoms with Gasteiger partial charge in [-0.25, -0.2) is 17.2 Å². The summed E-state index contributed by atoms with van der Waals surface area (Å²) in [5, 5.41) is 2.72. The van der Waals surface area contributed by atoms with Gasteiger partial charge in [0, 0.05) is 24.7 Å². The van der Waals surface area contributed by atoms with E-state index in [0.717, 1.165) is 33.8 Å². The zero-order valence-corrected chi connectivity index (χ0v) is 15.5. The van der Waals surface area contributed by atoms with E-state index < -0.39 is 27.6 Å². The molecule has 0 unspecified atom stereocenters. The molecule has 0 aromatic heterocycles. The molecular formula is C18H20F2N2O3S. The largest absolute Gasteiger partial charge is 0.326 e. The van der Waals surface area contributed by atoms with Crippen LogP contribution in [-0.2, 0) is 14.8 Å². The third kappa shape index (κ3) is 4.78. The van der Waals surface area contributed by atoms with Crippen molar-refractivity contribution in [3.05, 3.63) is 59.2 Å². The SMILES string of the molecule is Cc1cccc(NC(=O)CCN(c2ccc(F)cc2F)S(C)(=O)=O)c1C. The maximum absolute atomic E-state index is 14.0. The fraction of sp³-hybridized carbons (Fsp3) is 0.278. The predicted octanol–water partition coefficient (Wildman–Crippen LogP) is 3.38. The van der Waals surface area contributed by atoms with E-state index in [4.69, 9.17) is 0 Å². The Morgan fingerprint density at radius 2 is 1.85 bits per heavy atom. The molecule has 0 aliphatic rings. The molecule has 2 rings (SSSR count). The normalized spacial score (nSPS) is 11.3. The first-order valence-corrected chi connectivity index (χ1v) is 9.73. The number of aryl methyl sites for hydroxylation is 1. The van der Waals surface area contributed by atoms with Gasteiger partial charge in [0.1, 0.15) is 11.6 Å². The molecule has 1 amide bonds. The highest BCUT2D eigenvalue weighted by Crippen LogP contribution is 2.23. The summed E-state index contributed by atoms with van der Waals surface area (Å²) < 4.78 is 51.7. The van der Waals surface area contributed by atoms with Crippen molar-refractivity contribution in [1.29, 1.82) is 0 Å². The summed E-state index contributed by atoms with van der Waals surface area (Å²) in [6, 6.07) is 8.06. The average molecular weight is 382 g/mol. The van der Waals surface area contributed by atoms with Crippen LogP contribution in [0.4, 0.5) is 20.2 Å². The van der Waals surface area contributed by atoms with Crippen LogP contribution in [0.15, 0.2) is 36.4 Å². The zero-order valence-electron chi connectivity index (χ0n) is 14.7. The lowest BCUT2D eigenvalue weighted by molar-refractivity contribution is -0.116. The number of rotatable bonds is 6. The highest BCUT2D eigenvalue weighted by atomic mass is 32.2. The Bertz CT molecular complexity index is 930. The Morgan fingerprint density at radius 3 is 2.46 bits per heavy atom. The summed E-state index contributed by atoms with van der Waals surface area (Å²) >= 11 is 0. The minimum Gasteiger partial charge on any atom is -0.326 e. The van der Waals surface area contributed by atoms with Crippen molar-refractivity contribution in [2.45, 2.75) is 20.3 Å². The van der Waals surface area contributed by atoms with E-state index >= 15 is 0 Å². The van der Waals surface area contributed by atoms with Gasteiger partial charge in [0.05, 0.1) is 11.9 Å². The fourth-order valence-electron chi connectivity index (χ4n) is 2.45. The summed E-state index contributed by atoms with van der Waals surface area (Å²) in [5.74, 6) is -2.23. The molecule has 26 heavy (non-hydrogen) atoms. The minimum atomic E-state index is -3.85. The number of nitrogens with one attached hydrogen (secondary N) is 1. The summed E-state index contributed by atoms with van der Waals surface area (Å²) in [5.41, 5.74) is 2.25. The smallest absolute Gasteiger partial charge is 0.232 e. The van der Waals surface area contributed by atoms with Crippen LogP contribution in [0, 0.1) is 25.5 Å². The maximum atomic E-state index is 14.0. The van der Waals surface area contributed by atoms with E-state index in [1.54, 1.807) is 12.1 Å². The van der Waals surface area contributed by atoms with Gasteiger partial charge in [-0.15, -0.1) is 0 Å². The van der Waals surface area contributed by atoms with Crippen LogP contribution in [0.25, 0.3) is 0 Å². The van der Waals surface area contributed by atoms with Gasteiger partial charge in [-0.2, -0.15) is 0 Å². The van der Waals surface area contributed by atoms with Crippen LogP contribution in [0.5, 0.6) is 0 Å². The van der Waals surface area contributed by atoms with Gasteiger partial charge in [-0.05, 0) is 43.2 Å². The van der Waals surface area contributed by atoms with Crippen LogP contribution >= 0.6 is 0 Å². The van der Waals surface area contributed by atoms with Crippen LogP contribution < -0.4 is 9.62 Å². The monoisotopic (exact) mass is 382 g/mol. The number of nitrogens with zero attached hydrogens (tertiary/aromatic N) is 1. The molecule has 2 aromatic carbocycles. The number of carbonyl (C=O) groups excluding carboxylic acids is 1. The topological polar surface area (TPSA) is 66.5 Å². The van der Waals surface area contributed by atoms with Crippen LogP contribution in [0.1, 0.15) is 17.5 Å². The first kappa shape index (κ1) is 19.8. The Morgan fingerprint density at radius 1 is 1.15 bits per heavy atom. The van der Waals surface area contributed by atoms with E-state index in [1.165, 1.54) is 0 Å². The van der Waals surface area contributed by atoms with E-state index in [-0.39, 0.29) is 18.7 Å². The van der Waals surface area contributed by atoms with Crippen molar-refractivity contribution in [3.8, 4) is 0 Å². The number of amides is 1. The lowest BCUT2D eigenvalue weighted by Crippen LogP contribution is -2.33. The fourth-order valence-corrected chi connectivity index (χ4v) is 3.38. The Labute approximate surface area is 151 Å². The van der Waals surface area contributed by atoms with Gasteiger partial charge >= 0.3 is 0 Å². The van der Waals surface area contributed by atoms with Crippen molar-refractivity contribution in [2.24, 2.45) is 0 Å². The van der Waals surface area contributed by atoms with Gasteiger partial charge < -0.3 is 5.32 Å². The van der Waals surface area contributed by atoms with Gasteiger partial charge in [0.2, 0.25) is 15.9 Å². The summed E-state index contributed by atoms with van der Waals surface area (Å²) in [6.45, 7) is 3.51. The van der Waals surface area contributed by atoms with E-state index in [2.05, 4.69) is 5.32 Å². The molecule has 1 N–H and O–H groups in total. The Hall–Kier alpha value is -2.48. The van der Waals surface area contributed by atoms with Crippen molar-refractivity contribution in [3.63, 3.8) is 0 Å². The van der Waals surface area contributed by atoms with E-state index in [9.17, 15) is 22.0 Å². The minimum absolute atomic E-state index is 0.183. The Kier molecular flexibility index (Phi) is 5.97. The number of hydrogen-bond donors (Lipinski definition) is 1. The molecule has 0 radical (unpaired) electrons. The molecule has 0 bridgehead atoms. The second-order valence-electron chi connectivity index (χ2n) is 5.98. The zero-order chi connectivity index (χ0) is 19.5. The Balaban J connectivity index is 2.15. The van der Waals surface area contributed by atoms with Crippen molar-refractivity contribution >= 4 is 27.3 Å². The number of anilines is 2. The number of sulfonamides is 1. The van der Waals surface area contributed by atoms with E-state index in [1.807, 2.05) is 19.9 Å². The number of carbonyl (C=O) groups is 1. The molecule has 0 saturated carbocycles. The molecule has 0 aliphatic heterocycles. The molecule has 0 fully saturated rings. The van der Waals surface area contributed by atoms with Gasteiger partial charge in [0.25, 0.3) is 0 Å². The highest BCUT2D eigenvalue weighted by molar-refractivity contribution is 7.92. The first-order valence-electron chi connectivity index (χ1n) is 7.88. The van der Waals surface area contributed by atoms with Crippen molar-refractivity contribution in [1.82, 2.24) is 0 Å². The number of hydrogen-bond acceptors (Lipinski definition) is 3. The van der Waals surface area contributed by atoms with Gasteiger partial charge in [-0.1, -0.05) is 12.1 Å². The van der Waals surface area contributed by atoms with Crippen molar-refractivity contribution < 1.29 is 22.0 Å². The van der Waals surface area contributed by atoms with Crippen LogP contribution in [0.3, 0.4) is 0 Å². The molecule has 0 spiro atoms. The lowest BCUT2D eigenvalue weighted by atomic mass is 10.1. The third-order valence-corrected chi connectivity index (χ3v) is 5.18. The maximum Gasteiger partial charge on any atom is 0.232 e. The molecular weight excluding hydrogens is 362 g/mol. The molecule has 0 saturated heterocycles. The first-order chi connectivity index (χ1) is 12.1. The highest BCUT2D eigenvalue weighted by Gasteiger charge is 2.22. The van der Waals surface area contributed by atoms with Crippen molar-refractivity contribution in [2.75, 3.05) is 22.4 Å². The molecule has 5 nitrogen and oxygen atoms in total. The van der Waals surface area contributed by atoms with Gasteiger partial charge in [-0.3, -0.25) is 9.10 Å². The predicted molar refractivity (Wildman–Crippen MR) is 97.7 cm³/mol. The molecule has 8 heteroatoms. The molecule has 0 aliphatic carbocycles. The third-order valence-electron chi connectivity index (χ3n) is 4.00. The molecule has 2 aromatic rings. The summed E-state index contributed by atoms with van der Waals surface area (Å²) in [6.07, 6.45) is 0.718. The summed E-state index contributed by atoms with van der Waals surface area (Å²) in [4.78, 5) is 12.2. The number of halogens is 2. The standard InChI is InChI=1S/C18H20F2N2O3S/c1-12-5-4-6-16(13(12)2)21-18(23)9-10-22(26(3,24)25)17-8-7-14(19)11-15(17)20/h4-8,11H,9-10H2,1-3H3,(H,21,23). The van der Waals surface area contributed by atoms with E-state index in [0.29, 0.717) is 11.8 Å². The molecule has 140 valence electrons. The summed E-state index contributed by atoms with van der Waals surface area (Å²) in [7, 11) is -3.85. The van der Waals surface area contributed by atoms with Crippen LogP contribution in [-0.4, -0.2) is 27.1 Å². The quantitative estimate of drug-likeness (QED) is 0.833. The van der Waals surface area contributed by atoms with Crippen LogP contribution in [0.2, 0.25) is 0 Å².